The molecule has 2 amide bonds. The number of anilines is 4. The second-order valence-electron chi connectivity index (χ2n) is 13.0. The molecule has 4 aliphatic carbocycles. The molecule has 2 aliphatic heterocycles. The number of nitrogens with zero attached hydrogens (tertiary/aromatic N) is 4. The van der Waals surface area contributed by atoms with Crippen molar-refractivity contribution in [1.29, 1.82) is 0 Å². The Morgan fingerprint density at radius 1 is 0.854 bits per heavy atom. The molecule has 0 radical (unpaired) electrons. The summed E-state index contributed by atoms with van der Waals surface area (Å²) in [5.74, 6) is 1.37. The lowest BCUT2D eigenvalue weighted by Crippen LogP contribution is -2.63. The van der Waals surface area contributed by atoms with Gasteiger partial charge in [0.25, 0.3) is 0 Å². The predicted octanol–water partition coefficient (Wildman–Crippen LogP) is 3.77. The highest BCUT2D eigenvalue weighted by molar-refractivity contribution is 7.88. The predicted molar refractivity (Wildman–Crippen MR) is 161 cm³/mol. The van der Waals surface area contributed by atoms with Gasteiger partial charge in [-0.15, -0.1) is 0 Å². The topological polar surface area (TPSA) is 96.4 Å². The lowest BCUT2D eigenvalue weighted by Gasteiger charge is -2.58. The molecule has 2 heterocycles. The van der Waals surface area contributed by atoms with Crippen LogP contribution in [0.3, 0.4) is 0 Å². The summed E-state index contributed by atoms with van der Waals surface area (Å²) >= 11 is 0. The molecule has 4 bridgehead atoms. The zero-order valence-electron chi connectivity index (χ0n) is 23.8. The summed E-state index contributed by atoms with van der Waals surface area (Å²) in [6, 6.07) is 16.7. The normalized spacial score (nSPS) is 31.6. The van der Waals surface area contributed by atoms with Crippen LogP contribution in [0.2, 0.25) is 0 Å². The maximum Gasteiger partial charge on any atom is 0.322 e. The summed E-state index contributed by atoms with van der Waals surface area (Å²) in [4.78, 5) is 20.1. The fraction of sp³-hybridized carbons (Fsp3) is 0.581. The number of rotatable bonds is 4. The number of hydrogen-bond donors (Lipinski definition) is 2. The third kappa shape index (κ3) is 5.08. The van der Waals surface area contributed by atoms with Crippen molar-refractivity contribution in [2.75, 3.05) is 60.2 Å². The lowest BCUT2D eigenvalue weighted by molar-refractivity contribution is -0.136. The largest absolute Gasteiger partial charge is 0.390 e. The minimum absolute atomic E-state index is 0.0267. The van der Waals surface area contributed by atoms with E-state index in [0.29, 0.717) is 50.5 Å². The Balaban J connectivity index is 1.05. The molecule has 2 N–H and O–H groups in total. The van der Waals surface area contributed by atoms with Gasteiger partial charge in [0, 0.05) is 56.7 Å². The van der Waals surface area contributed by atoms with E-state index in [0.717, 1.165) is 67.8 Å². The van der Waals surface area contributed by atoms with Gasteiger partial charge in [0.1, 0.15) is 0 Å². The molecule has 5 fully saturated rings. The summed E-state index contributed by atoms with van der Waals surface area (Å²) in [5, 5.41) is 14.4. The average Bonchev–Trinajstić information content (AvgIpc) is 3.20. The van der Waals surface area contributed by atoms with Crippen molar-refractivity contribution >= 4 is 38.8 Å². The van der Waals surface area contributed by atoms with Crippen molar-refractivity contribution in [3.63, 3.8) is 0 Å². The smallest absolute Gasteiger partial charge is 0.322 e. The van der Waals surface area contributed by atoms with Gasteiger partial charge in [-0.1, -0.05) is 12.1 Å². The number of aliphatic hydroxyl groups is 1. The Hall–Kier alpha value is -2.82. The molecular formula is C31H41N5O4S. The molecule has 5 atom stereocenters. The SMILES string of the molecule is CS(=O)(=O)N1CCCN(c2ccc(N3CCN(C(=O)NC4[C@@H]5CC6C[C@H]4CC(O)(C6)C5)c4ccccc43)cc2)CC1. The minimum atomic E-state index is -3.17. The number of hydrogen-bond acceptors (Lipinski definition) is 6. The van der Waals surface area contributed by atoms with Gasteiger partial charge in [0.15, 0.2) is 0 Å². The summed E-state index contributed by atoms with van der Waals surface area (Å²) < 4.78 is 25.6. The molecule has 6 aliphatic rings. The maximum absolute atomic E-state index is 13.7. The van der Waals surface area contributed by atoms with Crippen LogP contribution in [-0.4, -0.2) is 81.0 Å². The molecular weight excluding hydrogens is 538 g/mol. The molecule has 2 aromatic carbocycles. The molecule has 9 nitrogen and oxygen atoms in total. The van der Waals surface area contributed by atoms with Crippen molar-refractivity contribution in [2.24, 2.45) is 17.8 Å². The van der Waals surface area contributed by atoms with E-state index in [1.165, 1.54) is 6.26 Å². The van der Waals surface area contributed by atoms with Gasteiger partial charge in [0.05, 0.1) is 23.2 Å². The van der Waals surface area contributed by atoms with E-state index in [2.05, 4.69) is 45.4 Å². The number of nitrogens with one attached hydrogen (secondary N) is 1. The first-order valence-corrected chi connectivity index (χ1v) is 17.0. The van der Waals surface area contributed by atoms with E-state index in [1.54, 1.807) is 4.31 Å². The van der Waals surface area contributed by atoms with Gasteiger partial charge in [-0.2, -0.15) is 0 Å². The first-order chi connectivity index (χ1) is 19.7. The highest BCUT2D eigenvalue weighted by Gasteiger charge is 2.55. The third-order valence-corrected chi connectivity index (χ3v) is 11.5. The number of sulfonamides is 1. The summed E-state index contributed by atoms with van der Waals surface area (Å²) in [6.45, 7) is 3.84. The monoisotopic (exact) mass is 579 g/mol. The molecule has 220 valence electrons. The Morgan fingerprint density at radius 3 is 2.22 bits per heavy atom. The minimum Gasteiger partial charge on any atom is -0.390 e. The fourth-order valence-corrected chi connectivity index (χ4v) is 9.48. The fourth-order valence-electron chi connectivity index (χ4n) is 8.61. The Bertz CT molecular complexity index is 1400. The molecule has 1 saturated heterocycles. The van der Waals surface area contributed by atoms with E-state index in [-0.39, 0.29) is 12.1 Å². The number of benzene rings is 2. The number of fused-ring (bicyclic) bond motifs is 1. The van der Waals surface area contributed by atoms with Crippen LogP contribution in [0.15, 0.2) is 48.5 Å². The van der Waals surface area contributed by atoms with Crippen LogP contribution in [0.25, 0.3) is 0 Å². The Morgan fingerprint density at radius 2 is 1.54 bits per heavy atom. The lowest BCUT2D eigenvalue weighted by atomic mass is 9.52. The molecule has 2 aromatic rings. The number of amides is 2. The molecule has 41 heavy (non-hydrogen) atoms. The van der Waals surface area contributed by atoms with Crippen molar-refractivity contribution in [1.82, 2.24) is 9.62 Å². The highest BCUT2D eigenvalue weighted by atomic mass is 32.2. The maximum atomic E-state index is 13.7. The number of urea groups is 1. The zero-order valence-corrected chi connectivity index (χ0v) is 24.6. The molecule has 8 rings (SSSR count). The summed E-state index contributed by atoms with van der Waals surface area (Å²) in [6.07, 6.45) is 6.91. The first kappa shape index (κ1) is 27.0. The number of carbonyl (C=O) groups is 1. The van der Waals surface area contributed by atoms with E-state index < -0.39 is 15.6 Å². The zero-order chi connectivity index (χ0) is 28.4. The van der Waals surface area contributed by atoms with E-state index in [9.17, 15) is 18.3 Å². The van der Waals surface area contributed by atoms with Gasteiger partial charge in [-0.05, 0) is 92.7 Å². The van der Waals surface area contributed by atoms with E-state index in [4.69, 9.17) is 0 Å². The van der Waals surface area contributed by atoms with Gasteiger partial charge < -0.3 is 20.2 Å². The Labute approximate surface area is 243 Å². The summed E-state index contributed by atoms with van der Waals surface area (Å²) in [7, 11) is -3.17. The van der Waals surface area contributed by atoms with Crippen molar-refractivity contribution in [2.45, 2.75) is 50.2 Å². The quantitative estimate of drug-likeness (QED) is 0.573. The van der Waals surface area contributed by atoms with Crippen molar-refractivity contribution < 1.29 is 18.3 Å². The van der Waals surface area contributed by atoms with Crippen LogP contribution in [0.4, 0.5) is 27.5 Å². The van der Waals surface area contributed by atoms with E-state index >= 15 is 0 Å². The first-order valence-electron chi connectivity index (χ1n) is 15.1. The van der Waals surface area contributed by atoms with Gasteiger partial charge >= 0.3 is 6.03 Å². The van der Waals surface area contributed by atoms with Crippen molar-refractivity contribution in [3.05, 3.63) is 48.5 Å². The van der Waals surface area contributed by atoms with Crippen LogP contribution in [0, 0.1) is 17.8 Å². The highest BCUT2D eigenvalue weighted by Crippen LogP contribution is 2.55. The van der Waals surface area contributed by atoms with Crippen LogP contribution in [0.1, 0.15) is 38.5 Å². The number of carbonyl (C=O) groups excluding carboxylic acids is 1. The molecule has 0 spiro atoms. The van der Waals surface area contributed by atoms with Gasteiger partial charge in [-0.3, -0.25) is 4.90 Å². The van der Waals surface area contributed by atoms with Crippen LogP contribution >= 0.6 is 0 Å². The second kappa shape index (κ2) is 10.2. The molecule has 4 saturated carbocycles. The number of para-hydroxylation sites is 2. The van der Waals surface area contributed by atoms with Gasteiger partial charge in [-0.25, -0.2) is 17.5 Å². The van der Waals surface area contributed by atoms with Crippen LogP contribution in [0.5, 0.6) is 0 Å². The molecule has 10 heteroatoms. The van der Waals surface area contributed by atoms with Crippen LogP contribution in [-0.2, 0) is 10.0 Å². The van der Waals surface area contributed by atoms with E-state index in [1.807, 2.05) is 23.1 Å². The van der Waals surface area contributed by atoms with Crippen LogP contribution < -0.4 is 20.0 Å². The summed E-state index contributed by atoms with van der Waals surface area (Å²) in [5.41, 5.74) is 3.59. The van der Waals surface area contributed by atoms with Gasteiger partial charge in [0.2, 0.25) is 10.0 Å². The third-order valence-electron chi connectivity index (χ3n) is 10.2. The van der Waals surface area contributed by atoms with Crippen molar-refractivity contribution in [3.8, 4) is 0 Å². The average molecular weight is 580 g/mol. The molecule has 0 aromatic heterocycles. The Kier molecular flexibility index (Phi) is 6.71. The molecule has 3 unspecified atom stereocenters. The second-order valence-corrected chi connectivity index (χ2v) is 15.0. The standard InChI is InChI=1S/C31H41N5O4S/c1-41(39,40)34-12-4-11-33(13-14-34)25-7-9-26(10-8-25)35-15-16-36(28-6-3-2-5-27(28)35)30(37)32-29-23-17-22-18-24(29)21-31(38,19-22)20-23/h2-3,5-10,22-24,29,38H,4,11-21H2,1H3,(H,32,37)/t22?,23-,24+,29?,31?.